The Bertz CT molecular complexity index is 468. The Hall–Kier alpha value is -0.380. The first-order chi connectivity index (χ1) is 10.2. The molecule has 0 bridgehead atoms. The van der Waals surface area contributed by atoms with Gasteiger partial charge in [0.2, 0.25) is 0 Å². The molecule has 2 nitrogen and oxygen atoms in total. The number of benzene rings is 1. The lowest BCUT2D eigenvalue weighted by Crippen LogP contribution is -2.64. The summed E-state index contributed by atoms with van der Waals surface area (Å²) in [6.45, 7) is 5.78. The van der Waals surface area contributed by atoms with Crippen LogP contribution in [0.25, 0.3) is 0 Å². The fourth-order valence-corrected chi connectivity index (χ4v) is 4.50. The first-order valence-corrected chi connectivity index (χ1v) is 9.24. The summed E-state index contributed by atoms with van der Waals surface area (Å²) in [6, 6.07) is 9.46. The molecule has 3 rings (SSSR count). The van der Waals surface area contributed by atoms with Crippen LogP contribution in [0.5, 0.6) is 0 Å². The van der Waals surface area contributed by atoms with E-state index < -0.39 is 0 Å². The monoisotopic (exact) mass is 350 g/mol. The maximum atomic E-state index is 3.91. The molecular formula is C18H27BrN2. The van der Waals surface area contributed by atoms with E-state index in [9.17, 15) is 0 Å². The molecule has 1 atom stereocenters. The predicted molar refractivity (Wildman–Crippen MR) is 92.4 cm³/mol. The number of nitrogens with one attached hydrogen (secondary N) is 1. The number of hydrogen-bond donors (Lipinski definition) is 1. The number of piperazine rings is 1. The molecule has 1 aromatic rings. The first-order valence-electron chi connectivity index (χ1n) is 8.44. The fraction of sp³-hybridized carbons (Fsp3) is 0.667. The quantitative estimate of drug-likeness (QED) is 0.872. The molecule has 2 fully saturated rings. The van der Waals surface area contributed by atoms with Crippen LogP contribution in [-0.2, 0) is 6.54 Å². The van der Waals surface area contributed by atoms with Gasteiger partial charge in [0.05, 0.1) is 0 Å². The van der Waals surface area contributed by atoms with E-state index in [1.54, 1.807) is 0 Å². The lowest BCUT2D eigenvalue weighted by Gasteiger charge is -2.49. The van der Waals surface area contributed by atoms with Gasteiger partial charge in [-0.15, -0.1) is 0 Å². The third kappa shape index (κ3) is 3.69. The molecule has 1 aliphatic heterocycles. The summed E-state index contributed by atoms with van der Waals surface area (Å²) in [5, 5.41) is 3.91. The number of hydrogen-bond acceptors (Lipinski definition) is 2. The van der Waals surface area contributed by atoms with Crippen LogP contribution in [0.2, 0.25) is 0 Å². The van der Waals surface area contributed by atoms with Gasteiger partial charge in [-0.05, 0) is 37.0 Å². The fourth-order valence-electron chi connectivity index (χ4n) is 4.06. The van der Waals surface area contributed by atoms with Gasteiger partial charge < -0.3 is 5.32 Å². The van der Waals surface area contributed by atoms with Gasteiger partial charge in [0.25, 0.3) is 0 Å². The molecule has 1 spiro atoms. The Kier molecular flexibility index (Phi) is 5.03. The van der Waals surface area contributed by atoms with Crippen molar-refractivity contribution in [2.75, 3.05) is 13.1 Å². The van der Waals surface area contributed by atoms with Crippen molar-refractivity contribution in [3.05, 3.63) is 34.3 Å². The van der Waals surface area contributed by atoms with Gasteiger partial charge in [-0.1, -0.05) is 54.2 Å². The van der Waals surface area contributed by atoms with Gasteiger partial charge in [0, 0.05) is 35.7 Å². The van der Waals surface area contributed by atoms with Crippen molar-refractivity contribution in [2.24, 2.45) is 0 Å². The van der Waals surface area contributed by atoms with E-state index in [0.29, 0.717) is 11.6 Å². The van der Waals surface area contributed by atoms with Crippen molar-refractivity contribution < 1.29 is 0 Å². The Balaban J connectivity index is 1.73. The zero-order valence-corrected chi connectivity index (χ0v) is 14.7. The van der Waals surface area contributed by atoms with Gasteiger partial charge in [0.1, 0.15) is 0 Å². The molecule has 0 radical (unpaired) electrons. The van der Waals surface area contributed by atoms with Gasteiger partial charge >= 0.3 is 0 Å². The van der Waals surface area contributed by atoms with E-state index in [1.807, 2.05) is 0 Å². The number of halogens is 1. The number of nitrogens with zero attached hydrogens (tertiary/aromatic N) is 1. The van der Waals surface area contributed by atoms with Crippen molar-refractivity contribution in [1.29, 1.82) is 0 Å². The third-order valence-corrected chi connectivity index (χ3v) is 5.78. The zero-order chi connectivity index (χ0) is 14.7. The Morgan fingerprint density at radius 1 is 1.29 bits per heavy atom. The van der Waals surface area contributed by atoms with Crippen molar-refractivity contribution in [3.63, 3.8) is 0 Å². The van der Waals surface area contributed by atoms with Crippen LogP contribution in [0.3, 0.4) is 0 Å². The van der Waals surface area contributed by atoms with Crippen LogP contribution in [0.15, 0.2) is 28.7 Å². The molecule has 1 saturated heterocycles. The lowest BCUT2D eigenvalue weighted by atomic mass is 9.79. The van der Waals surface area contributed by atoms with Crippen LogP contribution in [0, 0.1) is 0 Å². The van der Waals surface area contributed by atoms with Crippen LogP contribution in [-0.4, -0.2) is 29.6 Å². The molecule has 0 aromatic heterocycles. The molecule has 1 aromatic carbocycles. The smallest absolute Gasteiger partial charge is 0.0309 e. The molecule has 3 heteroatoms. The highest BCUT2D eigenvalue weighted by atomic mass is 79.9. The van der Waals surface area contributed by atoms with Gasteiger partial charge in [-0.3, -0.25) is 4.90 Å². The van der Waals surface area contributed by atoms with Crippen LogP contribution < -0.4 is 5.32 Å². The summed E-state index contributed by atoms with van der Waals surface area (Å²) < 4.78 is 1.19. The number of rotatable bonds is 3. The minimum atomic E-state index is 0.399. The second kappa shape index (κ2) is 6.80. The van der Waals surface area contributed by atoms with Crippen molar-refractivity contribution in [2.45, 2.75) is 63.6 Å². The Labute approximate surface area is 137 Å². The maximum absolute atomic E-state index is 3.91. The summed E-state index contributed by atoms with van der Waals surface area (Å²) in [6.07, 6.45) is 8.17. The molecular weight excluding hydrogens is 324 g/mol. The molecule has 116 valence electrons. The molecule has 21 heavy (non-hydrogen) atoms. The standard InChI is InChI=1S/C18H27BrN2/c1-2-17-12-20-18(9-4-3-5-10-18)14-21(17)13-15-7-6-8-16(19)11-15/h6-8,11,17,20H,2-5,9-10,12-14H2,1H3. The third-order valence-electron chi connectivity index (χ3n) is 5.29. The average molecular weight is 351 g/mol. The minimum Gasteiger partial charge on any atom is -0.308 e. The normalized spacial score (nSPS) is 26.1. The molecule has 1 aliphatic carbocycles. The summed E-state index contributed by atoms with van der Waals surface area (Å²) in [4.78, 5) is 2.73. The van der Waals surface area contributed by atoms with Crippen molar-refractivity contribution in [1.82, 2.24) is 10.2 Å². The lowest BCUT2D eigenvalue weighted by molar-refractivity contribution is 0.0484. The predicted octanol–water partition coefficient (Wildman–Crippen LogP) is 4.34. The van der Waals surface area contributed by atoms with Crippen LogP contribution >= 0.6 is 15.9 Å². The molecule has 1 unspecified atom stereocenters. The SMILES string of the molecule is CCC1CNC2(CCCCC2)CN1Cc1cccc(Br)c1. The largest absolute Gasteiger partial charge is 0.308 e. The second-order valence-electron chi connectivity index (χ2n) is 6.82. The highest BCUT2D eigenvalue weighted by molar-refractivity contribution is 9.10. The Morgan fingerprint density at radius 2 is 2.10 bits per heavy atom. The highest BCUT2D eigenvalue weighted by Gasteiger charge is 2.39. The van der Waals surface area contributed by atoms with E-state index in [0.717, 1.165) is 13.1 Å². The summed E-state index contributed by atoms with van der Waals surface area (Å²) >= 11 is 3.60. The van der Waals surface area contributed by atoms with E-state index in [2.05, 4.69) is 57.3 Å². The van der Waals surface area contributed by atoms with Crippen LogP contribution in [0.1, 0.15) is 51.0 Å². The topological polar surface area (TPSA) is 15.3 Å². The van der Waals surface area contributed by atoms with Gasteiger partial charge in [-0.25, -0.2) is 0 Å². The zero-order valence-electron chi connectivity index (χ0n) is 13.1. The minimum absolute atomic E-state index is 0.399. The summed E-state index contributed by atoms with van der Waals surface area (Å²) in [5.41, 5.74) is 1.83. The highest BCUT2D eigenvalue weighted by Crippen LogP contribution is 2.33. The van der Waals surface area contributed by atoms with Crippen molar-refractivity contribution >= 4 is 15.9 Å². The first kappa shape index (κ1) is 15.5. The molecule has 1 heterocycles. The summed E-state index contributed by atoms with van der Waals surface area (Å²) in [5.74, 6) is 0. The second-order valence-corrected chi connectivity index (χ2v) is 7.73. The van der Waals surface area contributed by atoms with Gasteiger partial charge in [0.15, 0.2) is 0 Å². The van der Waals surface area contributed by atoms with E-state index in [1.165, 1.54) is 55.1 Å². The summed E-state index contributed by atoms with van der Waals surface area (Å²) in [7, 11) is 0. The molecule has 1 N–H and O–H groups in total. The molecule has 2 aliphatic rings. The van der Waals surface area contributed by atoms with Gasteiger partial charge in [-0.2, -0.15) is 0 Å². The average Bonchev–Trinajstić information content (AvgIpc) is 2.48. The van der Waals surface area contributed by atoms with Crippen LogP contribution in [0.4, 0.5) is 0 Å². The van der Waals surface area contributed by atoms with E-state index in [4.69, 9.17) is 0 Å². The van der Waals surface area contributed by atoms with E-state index in [-0.39, 0.29) is 0 Å². The molecule has 0 amide bonds. The molecule has 1 saturated carbocycles. The van der Waals surface area contributed by atoms with E-state index >= 15 is 0 Å². The van der Waals surface area contributed by atoms with Crippen molar-refractivity contribution in [3.8, 4) is 0 Å². The Morgan fingerprint density at radius 3 is 2.81 bits per heavy atom. The maximum Gasteiger partial charge on any atom is 0.0309 e.